The van der Waals surface area contributed by atoms with E-state index in [4.69, 9.17) is 0 Å². The molecule has 0 aromatic heterocycles. The molecule has 0 fully saturated rings. The van der Waals surface area contributed by atoms with Gasteiger partial charge in [0, 0.05) is 24.6 Å². The first-order chi connectivity index (χ1) is 12.9. The molecule has 0 spiro atoms. The Balaban J connectivity index is 2.01. The zero-order chi connectivity index (χ0) is 19.8. The van der Waals surface area contributed by atoms with Crippen molar-refractivity contribution in [3.8, 4) is 0 Å². The Morgan fingerprint density at radius 3 is 2.26 bits per heavy atom. The minimum atomic E-state index is -0.0529. The Hall–Kier alpha value is -2.62. The highest BCUT2D eigenvalue weighted by molar-refractivity contribution is 5.96. The first-order valence-corrected chi connectivity index (χ1v) is 9.65. The number of aryl methyl sites for hydroxylation is 1. The average molecular weight is 367 g/mol. The van der Waals surface area contributed by atoms with Crippen LogP contribution in [0.2, 0.25) is 0 Å². The molecule has 0 aliphatic rings. The minimum absolute atomic E-state index is 0.00800. The molecular weight excluding hydrogens is 336 g/mol. The van der Waals surface area contributed by atoms with Crippen molar-refractivity contribution in [3.63, 3.8) is 0 Å². The summed E-state index contributed by atoms with van der Waals surface area (Å²) < 4.78 is 0. The second-order valence-corrected chi connectivity index (χ2v) is 7.02. The summed E-state index contributed by atoms with van der Waals surface area (Å²) in [5.74, 6) is -0.0522. The van der Waals surface area contributed by atoms with Crippen LogP contribution < -0.4 is 5.32 Å². The molecule has 0 bridgehead atoms. The van der Waals surface area contributed by atoms with Crippen LogP contribution in [0.3, 0.4) is 0 Å². The largest absolute Gasteiger partial charge is 0.350 e. The number of amides is 2. The molecule has 2 amide bonds. The summed E-state index contributed by atoms with van der Waals surface area (Å²) in [7, 11) is 0. The van der Waals surface area contributed by atoms with Gasteiger partial charge < -0.3 is 10.2 Å². The van der Waals surface area contributed by atoms with Gasteiger partial charge in [-0.3, -0.25) is 9.59 Å². The van der Waals surface area contributed by atoms with E-state index in [0.29, 0.717) is 18.5 Å². The predicted octanol–water partition coefficient (Wildman–Crippen LogP) is 4.50. The molecule has 0 aliphatic carbocycles. The molecule has 0 heterocycles. The zero-order valence-electron chi connectivity index (χ0n) is 16.7. The highest BCUT2D eigenvalue weighted by atomic mass is 16.2. The van der Waals surface area contributed by atoms with Crippen LogP contribution in [-0.2, 0) is 4.79 Å². The SMILES string of the molecule is CCC(C)N(CCC(=O)NC(C)c1ccccc1)C(=O)c1ccccc1C. The van der Waals surface area contributed by atoms with E-state index in [9.17, 15) is 9.59 Å². The van der Waals surface area contributed by atoms with E-state index >= 15 is 0 Å². The Morgan fingerprint density at radius 2 is 1.63 bits per heavy atom. The summed E-state index contributed by atoms with van der Waals surface area (Å²) in [6, 6.07) is 17.5. The third-order valence-corrected chi connectivity index (χ3v) is 5.02. The average Bonchev–Trinajstić information content (AvgIpc) is 2.68. The smallest absolute Gasteiger partial charge is 0.254 e. The Morgan fingerprint density at radius 1 is 1.00 bits per heavy atom. The molecule has 2 unspecified atom stereocenters. The number of carbonyl (C=O) groups is 2. The van der Waals surface area contributed by atoms with E-state index in [1.54, 1.807) is 0 Å². The summed E-state index contributed by atoms with van der Waals surface area (Å²) in [6.07, 6.45) is 1.14. The Bertz CT molecular complexity index is 758. The van der Waals surface area contributed by atoms with E-state index in [-0.39, 0.29) is 23.9 Å². The van der Waals surface area contributed by atoms with Gasteiger partial charge in [-0.2, -0.15) is 0 Å². The van der Waals surface area contributed by atoms with Gasteiger partial charge in [0.1, 0.15) is 0 Å². The number of nitrogens with zero attached hydrogens (tertiary/aromatic N) is 1. The van der Waals surface area contributed by atoms with Crippen LogP contribution in [0.25, 0.3) is 0 Å². The summed E-state index contributed by atoms with van der Waals surface area (Å²) in [5, 5.41) is 3.02. The Kier molecular flexibility index (Phi) is 7.59. The van der Waals surface area contributed by atoms with Gasteiger partial charge in [-0.15, -0.1) is 0 Å². The lowest BCUT2D eigenvalue weighted by Gasteiger charge is -2.29. The lowest BCUT2D eigenvalue weighted by atomic mass is 10.1. The van der Waals surface area contributed by atoms with Crippen LogP contribution in [0.15, 0.2) is 54.6 Å². The molecule has 0 saturated heterocycles. The normalized spacial score (nSPS) is 12.9. The molecule has 0 aliphatic heterocycles. The predicted molar refractivity (Wildman–Crippen MR) is 110 cm³/mol. The molecule has 2 aromatic carbocycles. The van der Waals surface area contributed by atoms with Crippen LogP contribution >= 0.6 is 0 Å². The van der Waals surface area contributed by atoms with Crippen molar-refractivity contribution in [2.75, 3.05) is 6.54 Å². The van der Waals surface area contributed by atoms with Crippen LogP contribution in [0.1, 0.15) is 61.1 Å². The van der Waals surface area contributed by atoms with Gasteiger partial charge in [0.2, 0.25) is 5.91 Å². The lowest BCUT2D eigenvalue weighted by molar-refractivity contribution is -0.122. The number of nitrogens with one attached hydrogen (secondary N) is 1. The molecule has 2 aromatic rings. The highest BCUT2D eigenvalue weighted by Gasteiger charge is 2.22. The molecule has 0 radical (unpaired) electrons. The monoisotopic (exact) mass is 366 g/mol. The van der Waals surface area contributed by atoms with Crippen LogP contribution in [0.4, 0.5) is 0 Å². The van der Waals surface area contributed by atoms with Gasteiger partial charge in [-0.1, -0.05) is 55.5 Å². The van der Waals surface area contributed by atoms with E-state index < -0.39 is 0 Å². The van der Waals surface area contributed by atoms with Crippen molar-refractivity contribution < 1.29 is 9.59 Å². The maximum Gasteiger partial charge on any atom is 0.254 e. The summed E-state index contributed by atoms with van der Waals surface area (Å²) in [5.41, 5.74) is 2.73. The van der Waals surface area contributed by atoms with Crippen molar-refractivity contribution in [1.82, 2.24) is 10.2 Å². The third-order valence-electron chi connectivity index (χ3n) is 5.02. The standard InChI is InChI=1S/C23H30N2O2/c1-5-18(3)25(23(27)21-14-10-9-11-17(21)2)16-15-22(26)24-19(4)20-12-7-6-8-13-20/h6-14,18-19H,5,15-16H2,1-4H3,(H,24,26). The topological polar surface area (TPSA) is 49.4 Å². The third kappa shape index (κ3) is 5.68. The molecule has 4 heteroatoms. The fourth-order valence-electron chi connectivity index (χ4n) is 3.07. The molecule has 2 rings (SSSR count). The molecule has 4 nitrogen and oxygen atoms in total. The first-order valence-electron chi connectivity index (χ1n) is 9.65. The molecular formula is C23H30N2O2. The lowest BCUT2D eigenvalue weighted by Crippen LogP contribution is -2.41. The van der Waals surface area contributed by atoms with Gasteiger partial charge in [0.15, 0.2) is 0 Å². The van der Waals surface area contributed by atoms with E-state index in [1.807, 2.05) is 80.3 Å². The van der Waals surface area contributed by atoms with Gasteiger partial charge in [0.05, 0.1) is 6.04 Å². The van der Waals surface area contributed by atoms with Crippen molar-refractivity contribution >= 4 is 11.8 Å². The van der Waals surface area contributed by atoms with E-state index in [2.05, 4.69) is 12.2 Å². The van der Waals surface area contributed by atoms with Crippen molar-refractivity contribution in [1.29, 1.82) is 0 Å². The van der Waals surface area contributed by atoms with Crippen LogP contribution in [-0.4, -0.2) is 29.3 Å². The summed E-state index contributed by atoms with van der Waals surface area (Å²) in [4.78, 5) is 27.3. The van der Waals surface area contributed by atoms with Crippen molar-refractivity contribution in [2.24, 2.45) is 0 Å². The maximum atomic E-state index is 13.0. The molecule has 2 atom stereocenters. The fraction of sp³-hybridized carbons (Fsp3) is 0.391. The summed E-state index contributed by atoms with van der Waals surface area (Å²) >= 11 is 0. The van der Waals surface area contributed by atoms with Crippen LogP contribution in [0.5, 0.6) is 0 Å². The second kappa shape index (κ2) is 9.91. The highest BCUT2D eigenvalue weighted by Crippen LogP contribution is 2.16. The number of benzene rings is 2. The summed E-state index contributed by atoms with van der Waals surface area (Å²) in [6.45, 7) is 8.41. The van der Waals surface area contributed by atoms with Gasteiger partial charge >= 0.3 is 0 Å². The van der Waals surface area contributed by atoms with E-state index in [0.717, 1.165) is 17.5 Å². The number of rotatable bonds is 8. The number of carbonyl (C=O) groups excluding carboxylic acids is 2. The number of hydrogen-bond donors (Lipinski definition) is 1. The molecule has 0 saturated carbocycles. The quantitative estimate of drug-likeness (QED) is 0.748. The molecule has 1 N–H and O–H groups in total. The minimum Gasteiger partial charge on any atom is -0.350 e. The van der Waals surface area contributed by atoms with Crippen molar-refractivity contribution in [3.05, 3.63) is 71.3 Å². The second-order valence-electron chi connectivity index (χ2n) is 7.02. The fourth-order valence-corrected chi connectivity index (χ4v) is 3.07. The van der Waals surface area contributed by atoms with Crippen molar-refractivity contribution in [2.45, 2.75) is 52.6 Å². The zero-order valence-corrected chi connectivity index (χ0v) is 16.7. The van der Waals surface area contributed by atoms with E-state index in [1.165, 1.54) is 0 Å². The van der Waals surface area contributed by atoms with Gasteiger partial charge in [0.25, 0.3) is 5.91 Å². The maximum absolute atomic E-state index is 13.0. The van der Waals surface area contributed by atoms with Crippen LogP contribution in [0, 0.1) is 6.92 Å². The molecule has 144 valence electrons. The Labute approximate surface area is 162 Å². The van der Waals surface area contributed by atoms with Gasteiger partial charge in [-0.05, 0) is 44.4 Å². The molecule has 27 heavy (non-hydrogen) atoms. The first kappa shape index (κ1) is 20.7. The van der Waals surface area contributed by atoms with Gasteiger partial charge in [-0.25, -0.2) is 0 Å². The number of hydrogen-bond acceptors (Lipinski definition) is 2.